The fraction of sp³-hybridized carbons (Fsp3) is 0.412. The van der Waals surface area contributed by atoms with Gasteiger partial charge in [-0.3, -0.25) is 9.59 Å². The highest BCUT2D eigenvalue weighted by Crippen LogP contribution is 2.24. The Kier molecular flexibility index (Phi) is 4.99. The third-order valence-corrected chi connectivity index (χ3v) is 4.97. The Bertz CT molecular complexity index is 710. The van der Waals surface area contributed by atoms with Crippen LogP contribution in [0.1, 0.15) is 17.3 Å². The van der Waals surface area contributed by atoms with Crippen molar-refractivity contribution in [3.63, 3.8) is 0 Å². The van der Waals surface area contributed by atoms with E-state index < -0.39 is 6.04 Å². The van der Waals surface area contributed by atoms with E-state index in [-0.39, 0.29) is 18.2 Å². The zero-order valence-electron chi connectivity index (χ0n) is 13.7. The van der Waals surface area contributed by atoms with E-state index in [2.05, 4.69) is 0 Å². The molecule has 0 bridgehead atoms. The van der Waals surface area contributed by atoms with Crippen LogP contribution in [-0.2, 0) is 22.6 Å². The molecule has 7 heteroatoms. The lowest BCUT2D eigenvalue weighted by molar-refractivity contribution is -0.142. The number of aryl methyl sites for hydroxylation is 1. The molecule has 128 valence electrons. The second-order valence-electron chi connectivity index (χ2n) is 5.84. The van der Waals surface area contributed by atoms with Gasteiger partial charge in [-0.1, -0.05) is 0 Å². The molecule has 1 saturated heterocycles. The highest BCUT2D eigenvalue weighted by Gasteiger charge is 2.36. The lowest BCUT2D eigenvalue weighted by Gasteiger charge is -2.26. The molecule has 1 aliphatic heterocycles. The fourth-order valence-electron chi connectivity index (χ4n) is 2.69. The predicted octanol–water partition coefficient (Wildman–Crippen LogP) is 2.28. The summed E-state index contributed by atoms with van der Waals surface area (Å²) >= 11 is 1.59. The van der Waals surface area contributed by atoms with Gasteiger partial charge in [-0.05, 0) is 31.2 Å². The number of rotatable bonds is 5. The number of carbonyl (C=O) groups is 2. The van der Waals surface area contributed by atoms with Gasteiger partial charge in [-0.2, -0.15) is 0 Å². The van der Waals surface area contributed by atoms with E-state index in [0.717, 1.165) is 11.5 Å². The minimum atomic E-state index is -0.432. The average Bonchev–Trinajstić information content (AvgIpc) is 3.28. The minimum Gasteiger partial charge on any atom is -0.467 e. The van der Waals surface area contributed by atoms with Crippen LogP contribution in [0.3, 0.4) is 0 Å². The molecule has 0 radical (unpaired) electrons. The summed E-state index contributed by atoms with van der Waals surface area (Å²) in [6.45, 7) is 2.24. The molecule has 0 aromatic carbocycles. The van der Waals surface area contributed by atoms with E-state index >= 15 is 0 Å². The van der Waals surface area contributed by atoms with Crippen molar-refractivity contribution in [3.8, 4) is 0 Å². The molecule has 3 rings (SSSR count). The Balaban J connectivity index is 1.63. The van der Waals surface area contributed by atoms with E-state index in [4.69, 9.17) is 8.83 Å². The van der Waals surface area contributed by atoms with Crippen LogP contribution in [0.25, 0.3) is 0 Å². The number of furan rings is 2. The number of hydrogen-bond donors (Lipinski definition) is 0. The van der Waals surface area contributed by atoms with E-state index in [1.54, 1.807) is 47.0 Å². The lowest BCUT2D eigenvalue weighted by atomic mass is 10.2. The van der Waals surface area contributed by atoms with Gasteiger partial charge in [-0.15, -0.1) is 11.8 Å². The molecule has 3 heterocycles. The topological polar surface area (TPSA) is 66.9 Å². The molecule has 0 saturated carbocycles. The maximum Gasteiger partial charge on any atom is 0.246 e. The molecule has 6 nitrogen and oxygen atoms in total. The maximum absolute atomic E-state index is 12.7. The molecular formula is C17H20N2O4S. The summed E-state index contributed by atoms with van der Waals surface area (Å²) in [5.74, 6) is 3.12. The lowest BCUT2D eigenvalue weighted by Crippen LogP contribution is -2.48. The largest absolute Gasteiger partial charge is 0.467 e. The van der Waals surface area contributed by atoms with Crippen molar-refractivity contribution in [2.45, 2.75) is 25.9 Å². The van der Waals surface area contributed by atoms with Gasteiger partial charge < -0.3 is 18.6 Å². The summed E-state index contributed by atoms with van der Waals surface area (Å²) < 4.78 is 10.7. The van der Waals surface area contributed by atoms with Crippen molar-refractivity contribution in [1.29, 1.82) is 0 Å². The first-order chi connectivity index (χ1) is 11.5. The number of thioether (sulfide) groups is 1. The van der Waals surface area contributed by atoms with Gasteiger partial charge in [0, 0.05) is 12.8 Å². The quantitative estimate of drug-likeness (QED) is 0.829. The molecule has 0 spiro atoms. The first-order valence-electron chi connectivity index (χ1n) is 7.74. The first kappa shape index (κ1) is 16.7. The highest BCUT2D eigenvalue weighted by atomic mass is 32.2. The van der Waals surface area contributed by atoms with Crippen molar-refractivity contribution >= 4 is 23.6 Å². The number of amides is 2. The van der Waals surface area contributed by atoms with Crippen molar-refractivity contribution in [2.75, 3.05) is 18.7 Å². The standard InChI is InChI=1S/C17H20N2O4S/c1-12-5-6-13(23-12)8-16(20)19-11-24-10-15(19)17(21)18(2)9-14-4-3-7-22-14/h3-7,15H,8-11H2,1-2H3/t15-/m1/s1. The first-order valence-corrected chi connectivity index (χ1v) is 8.90. The van der Waals surface area contributed by atoms with Crippen LogP contribution in [0.2, 0.25) is 0 Å². The van der Waals surface area contributed by atoms with E-state index in [9.17, 15) is 9.59 Å². The van der Waals surface area contributed by atoms with E-state index in [0.29, 0.717) is 23.9 Å². The van der Waals surface area contributed by atoms with Gasteiger partial charge in [0.2, 0.25) is 11.8 Å². The molecule has 2 amide bonds. The second kappa shape index (κ2) is 7.17. The van der Waals surface area contributed by atoms with Crippen LogP contribution in [0.4, 0.5) is 0 Å². The average molecular weight is 348 g/mol. The monoisotopic (exact) mass is 348 g/mol. The summed E-state index contributed by atoms with van der Waals surface area (Å²) in [6, 6.07) is 6.83. The van der Waals surface area contributed by atoms with Gasteiger partial charge in [0.05, 0.1) is 25.1 Å². The number of likely N-dealkylation sites (N-methyl/N-ethyl adjacent to an activating group) is 1. The normalized spacial score (nSPS) is 17.2. The van der Waals surface area contributed by atoms with Gasteiger partial charge in [-0.25, -0.2) is 0 Å². The Morgan fingerprint density at radius 3 is 2.83 bits per heavy atom. The van der Waals surface area contributed by atoms with Crippen molar-refractivity contribution < 1.29 is 18.4 Å². The van der Waals surface area contributed by atoms with E-state index in [1.165, 1.54) is 0 Å². The molecule has 1 fully saturated rings. The predicted molar refractivity (Wildman–Crippen MR) is 90.3 cm³/mol. The van der Waals surface area contributed by atoms with Gasteiger partial charge >= 0.3 is 0 Å². The molecular weight excluding hydrogens is 328 g/mol. The van der Waals surface area contributed by atoms with E-state index in [1.807, 2.05) is 19.1 Å². The molecule has 0 N–H and O–H groups in total. The molecule has 24 heavy (non-hydrogen) atoms. The maximum atomic E-state index is 12.7. The third-order valence-electron chi connectivity index (χ3n) is 3.96. The molecule has 0 unspecified atom stereocenters. The smallest absolute Gasteiger partial charge is 0.246 e. The molecule has 1 aliphatic rings. The fourth-order valence-corrected chi connectivity index (χ4v) is 3.86. The van der Waals surface area contributed by atoms with Crippen LogP contribution >= 0.6 is 11.8 Å². The minimum absolute atomic E-state index is 0.0691. The zero-order valence-corrected chi connectivity index (χ0v) is 14.5. The third kappa shape index (κ3) is 3.67. The van der Waals surface area contributed by atoms with Crippen LogP contribution in [0.5, 0.6) is 0 Å². The Hall–Kier alpha value is -2.15. The number of nitrogens with zero attached hydrogens (tertiary/aromatic N) is 2. The van der Waals surface area contributed by atoms with Gasteiger partial charge in [0.1, 0.15) is 23.3 Å². The summed E-state index contributed by atoms with van der Waals surface area (Å²) in [5.41, 5.74) is 0. The van der Waals surface area contributed by atoms with Gasteiger partial charge in [0.25, 0.3) is 0 Å². The van der Waals surface area contributed by atoms with Crippen LogP contribution in [0, 0.1) is 6.92 Å². The molecule has 1 atom stereocenters. The summed E-state index contributed by atoms with van der Waals surface area (Å²) in [7, 11) is 1.73. The van der Waals surface area contributed by atoms with Crippen molar-refractivity contribution in [2.24, 2.45) is 0 Å². The molecule has 2 aromatic heterocycles. The SMILES string of the molecule is Cc1ccc(CC(=O)N2CSC[C@@H]2C(=O)N(C)Cc2ccco2)o1. The van der Waals surface area contributed by atoms with Crippen molar-refractivity contribution in [3.05, 3.63) is 47.8 Å². The highest BCUT2D eigenvalue weighted by molar-refractivity contribution is 7.99. The second-order valence-corrected chi connectivity index (χ2v) is 6.84. The summed E-state index contributed by atoms with van der Waals surface area (Å²) in [5, 5.41) is 0. The van der Waals surface area contributed by atoms with Crippen molar-refractivity contribution in [1.82, 2.24) is 9.80 Å². The summed E-state index contributed by atoms with van der Waals surface area (Å²) in [6.07, 6.45) is 1.76. The molecule has 2 aromatic rings. The van der Waals surface area contributed by atoms with Crippen LogP contribution in [0.15, 0.2) is 39.4 Å². The van der Waals surface area contributed by atoms with Gasteiger partial charge in [0.15, 0.2) is 0 Å². The Labute approximate surface area is 144 Å². The summed E-state index contributed by atoms with van der Waals surface area (Å²) in [4.78, 5) is 28.5. The Morgan fingerprint density at radius 2 is 2.17 bits per heavy atom. The number of hydrogen-bond acceptors (Lipinski definition) is 5. The molecule has 0 aliphatic carbocycles. The van der Waals surface area contributed by atoms with Crippen LogP contribution < -0.4 is 0 Å². The van der Waals surface area contributed by atoms with Crippen LogP contribution in [-0.4, -0.2) is 46.3 Å². The Morgan fingerprint density at radius 1 is 1.33 bits per heavy atom. The zero-order chi connectivity index (χ0) is 17.1. The number of carbonyl (C=O) groups excluding carboxylic acids is 2.